The smallest absolute Gasteiger partial charge is 0.223 e. The lowest BCUT2D eigenvalue weighted by Gasteiger charge is -2.35. The third-order valence-corrected chi connectivity index (χ3v) is 4.25. The van der Waals surface area contributed by atoms with Crippen LogP contribution in [-0.4, -0.2) is 58.5 Å². The Morgan fingerprint density at radius 3 is 2.62 bits per heavy atom. The van der Waals surface area contributed by atoms with Gasteiger partial charge >= 0.3 is 0 Å². The molecule has 5 nitrogen and oxygen atoms in total. The molecule has 1 fully saturated rings. The van der Waals surface area contributed by atoms with Crippen molar-refractivity contribution in [2.75, 3.05) is 27.2 Å². The first kappa shape index (κ1) is 18.0. The number of carbonyl (C=O) groups excluding carboxylic acids is 1. The molecule has 1 aliphatic rings. The van der Waals surface area contributed by atoms with Crippen molar-refractivity contribution in [1.29, 1.82) is 0 Å². The summed E-state index contributed by atoms with van der Waals surface area (Å²) in [5.41, 5.74) is 0. The van der Waals surface area contributed by atoms with E-state index in [9.17, 15) is 4.79 Å². The van der Waals surface area contributed by atoms with Crippen molar-refractivity contribution in [2.24, 2.45) is 0 Å². The molecule has 0 bridgehead atoms. The van der Waals surface area contributed by atoms with Crippen LogP contribution in [0.4, 0.5) is 0 Å². The molecule has 0 saturated carbocycles. The molecular weight excluding hydrogens is 288 g/mol. The van der Waals surface area contributed by atoms with Gasteiger partial charge in [-0.05, 0) is 33.9 Å². The summed E-state index contributed by atoms with van der Waals surface area (Å²) in [5.74, 6) is 1.29. The molecule has 6 heteroatoms. The second kappa shape index (κ2) is 8.39. The highest BCUT2D eigenvalue weighted by atomic mass is 35.5. The average Bonchev–Trinajstić information content (AvgIpc) is 2.92. The lowest BCUT2D eigenvalue weighted by molar-refractivity contribution is -0.132. The van der Waals surface area contributed by atoms with Crippen molar-refractivity contribution >= 4 is 18.3 Å². The maximum atomic E-state index is 12.2. The van der Waals surface area contributed by atoms with Gasteiger partial charge in [0.2, 0.25) is 5.91 Å². The van der Waals surface area contributed by atoms with Gasteiger partial charge in [0.15, 0.2) is 0 Å². The molecule has 21 heavy (non-hydrogen) atoms. The summed E-state index contributed by atoms with van der Waals surface area (Å²) in [6.07, 6.45) is 7.27. The van der Waals surface area contributed by atoms with Gasteiger partial charge in [-0.25, -0.2) is 4.98 Å². The zero-order chi connectivity index (χ0) is 14.5. The van der Waals surface area contributed by atoms with Crippen LogP contribution >= 0.6 is 12.4 Å². The third-order valence-electron chi connectivity index (χ3n) is 4.25. The highest BCUT2D eigenvalue weighted by Gasteiger charge is 2.23. The Labute approximate surface area is 133 Å². The number of imidazole rings is 1. The number of aromatic nitrogens is 2. The number of halogens is 1. The molecule has 1 aromatic heterocycles. The zero-order valence-corrected chi connectivity index (χ0v) is 14.1. The Kier molecular flexibility index (Phi) is 7.18. The Hall–Kier alpha value is -1.07. The van der Waals surface area contributed by atoms with Crippen LogP contribution in [0, 0.1) is 0 Å². The quantitative estimate of drug-likeness (QED) is 0.832. The molecule has 0 N–H and O–H groups in total. The van der Waals surface area contributed by atoms with E-state index in [0.717, 1.165) is 44.7 Å². The number of amides is 1. The predicted molar refractivity (Wildman–Crippen MR) is 86.8 cm³/mol. The summed E-state index contributed by atoms with van der Waals surface area (Å²) < 4.78 is 2.10. The third kappa shape index (κ3) is 4.71. The molecule has 2 rings (SSSR count). The van der Waals surface area contributed by atoms with Crippen molar-refractivity contribution in [2.45, 2.75) is 45.2 Å². The molecule has 1 aliphatic heterocycles. The largest absolute Gasteiger partial charge is 0.343 e. The maximum Gasteiger partial charge on any atom is 0.223 e. The minimum absolute atomic E-state index is 0. The molecule has 1 aromatic rings. The SMILES string of the molecule is CCn1ccnc1CCC(=O)N1CCC(N(C)C)CC1.Cl. The first-order valence-corrected chi connectivity index (χ1v) is 7.56. The number of likely N-dealkylation sites (tertiary alicyclic amines) is 1. The maximum absolute atomic E-state index is 12.2. The normalized spacial score (nSPS) is 16.1. The highest BCUT2D eigenvalue weighted by molar-refractivity contribution is 5.85. The van der Waals surface area contributed by atoms with Crippen LogP contribution in [0.25, 0.3) is 0 Å². The Morgan fingerprint density at radius 1 is 1.38 bits per heavy atom. The Morgan fingerprint density at radius 2 is 2.05 bits per heavy atom. The molecule has 0 aliphatic carbocycles. The van der Waals surface area contributed by atoms with Gasteiger partial charge in [-0.3, -0.25) is 4.79 Å². The van der Waals surface area contributed by atoms with Gasteiger partial charge < -0.3 is 14.4 Å². The number of carbonyl (C=O) groups is 1. The van der Waals surface area contributed by atoms with E-state index in [4.69, 9.17) is 0 Å². The van der Waals surface area contributed by atoms with Gasteiger partial charge in [0.25, 0.3) is 0 Å². The molecular formula is C15H27ClN4O. The fourth-order valence-corrected chi connectivity index (χ4v) is 2.86. The van der Waals surface area contributed by atoms with Crippen LogP contribution in [0.15, 0.2) is 12.4 Å². The van der Waals surface area contributed by atoms with Crippen LogP contribution in [-0.2, 0) is 17.8 Å². The summed E-state index contributed by atoms with van der Waals surface area (Å²) in [6, 6.07) is 0.623. The standard InChI is InChI=1S/C15H26N4O.ClH/c1-4-18-12-9-16-14(18)5-6-15(20)19-10-7-13(8-11-19)17(2)3;/h9,12-13H,4-8,10-11H2,1-3H3;1H. The molecule has 0 spiro atoms. The summed E-state index contributed by atoms with van der Waals surface area (Å²) >= 11 is 0. The predicted octanol–water partition coefficient (Wildman–Crippen LogP) is 1.81. The minimum atomic E-state index is 0. The van der Waals surface area contributed by atoms with Crippen molar-refractivity contribution in [3.8, 4) is 0 Å². The zero-order valence-electron chi connectivity index (χ0n) is 13.3. The molecule has 0 atom stereocenters. The monoisotopic (exact) mass is 314 g/mol. The summed E-state index contributed by atoms with van der Waals surface area (Å²) in [6.45, 7) is 4.80. The first-order valence-electron chi connectivity index (χ1n) is 7.56. The van der Waals surface area contributed by atoms with E-state index in [2.05, 4.69) is 35.5 Å². The van der Waals surface area contributed by atoms with Gasteiger partial charge in [0.1, 0.15) is 5.82 Å². The van der Waals surface area contributed by atoms with Gasteiger partial charge in [-0.2, -0.15) is 0 Å². The van der Waals surface area contributed by atoms with Crippen LogP contribution in [0.1, 0.15) is 32.0 Å². The molecule has 0 aromatic carbocycles. The van der Waals surface area contributed by atoms with Crippen LogP contribution in [0.5, 0.6) is 0 Å². The topological polar surface area (TPSA) is 41.4 Å². The molecule has 0 radical (unpaired) electrons. The number of aryl methyl sites for hydroxylation is 2. The van der Waals surface area contributed by atoms with E-state index < -0.39 is 0 Å². The van der Waals surface area contributed by atoms with Gasteiger partial charge in [-0.15, -0.1) is 12.4 Å². The van der Waals surface area contributed by atoms with E-state index in [-0.39, 0.29) is 18.3 Å². The van der Waals surface area contributed by atoms with Crippen molar-refractivity contribution in [3.05, 3.63) is 18.2 Å². The van der Waals surface area contributed by atoms with E-state index in [1.807, 2.05) is 17.3 Å². The van der Waals surface area contributed by atoms with E-state index in [1.165, 1.54) is 0 Å². The number of hydrogen-bond acceptors (Lipinski definition) is 3. The molecule has 1 amide bonds. The second-order valence-corrected chi connectivity index (χ2v) is 5.71. The van der Waals surface area contributed by atoms with Crippen molar-refractivity contribution < 1.29 is 4.79 Å². The molecule has 0 unspecified atom stereocenters. The molecule has 120 valence electrons. The fourth-order valence-electron chi connectivity index (χ4n) is 2.86. The Balaban J connectivity index is 0.00000220. The van der Waals surface area contributed by atoms with Crippen LogP contribution in [0.2, 0.25) is 0 Å². The number of piperidine rings is 1. The minimum Gasteiger partial charge on any atom is -0.343 e. The van der Waals surface area contributed by atoms with Crippen LogP contribution < -0.4 is 0 Å². The number of nitrogens with zero attached hydrogens (tertiary/aromatic N) is 4. The van der Waals surface area contributed by atoms with Crippen molar-refractivity contribution in [1.82, 2.24) is 19.4 Å². The van der Waals surface area contributed by atoms with Gasteiger partial charge in [0, 0.05) is 50.9 Å². The lowest BCUT2D eigenvalue weighted by atomic mass is 10.0. The summed E-state index contributed by atoms with van der Waals surface area (Å²) in [4.78, 5) is 20.8. The van der Waals surface area contributed by atoms with E-state index in [0.29, 0.717) is 12.5 Å². The second-order valence-electron chi connectivity index (χ2n) is 5.71. The van der Waals surface area contributed by atoms with E-state index >= 15 is 0 Å². The average molecular weight is 315 g/mol. The highest BCUT2D eigenvalue weighted by Crippen LogP contribution is 2.15. The van der Waals surface area contributed by atoms with E-state index in [1.54, 1.807) is 0 Å². The molecule has 2 heterocycles. The number of hydrogen-bond donors (Lipinski definition) is 0. The molecule has 1 saturated heterocycles. The van der Waals surface area contributed by atoms with Gasteiger partial charge in [-0.1, -0.05) is 0 Å². The van der Waals surface area contributed by atoms with Crippen LogP contribution in [0.3, 0.4) is 0 Å². The fraction of sp³-hybridized carbons (Fsp3) is 0.733. The Bertz CT molecular complexity index is 439. The summed E-state index contributed by atoms with van der Waals surface area (Å²) in [5, 5.41) is 0. The first-order chi connectivity index (χ1) is 9.61. The lowest BCUT2D eigenvalue weighted by Crippen LogP contribution is -2.44. The van der Waals surface area contributed by atoms with Crippen molar-refractivity contribution in [3.63, 3.8) is 0 Å². The van der Waals surface area contributed by atoms with Gasteiger partial charge in [0.05, 0.1) is 0 Å². The summed E-state index contributed by atoms with van der Waals surface area (Å²) in [7, 11) is 4.24. The number of rotatable bonds is 5.